The summed E-state index contributed by atoms with van der Waals surface area (Å²) in [6.07, 6.45) is 22.7. The smallest absolute Gasteiger partial charge is 0.166 e. The molecule has 0 heterocycles. The van der Waals surface area contributed by atoms with E-state index in [1.165, 1.54) is 56.9 Å². The van der Waals surface area contributed by atoms with Crippen LogP contribution in [0.3, 0.4) is 0 Å². The zero-order valence-corrected chi connectivity index (χ0v) is 26.7. The van der Waals surface area contributed by atoms with Crippen LogP contribution < -0.4 is 0 Å². The highest BCUT2D eigenvalue weighted by atomic mass is 19.2. The van der Waals surface area contributed by atoms with E-state index in [9.17, 15) is 4.39 Å². The van der Waals surface area contributed by atoms with Crippen molar-refractivity contribution in [3.05, 3.63) is 101 Å². The minimum Gasteiger partial charge on any atom is -0.206 e. The van der Waals surface area contributed by atoms with Gasteiger partial charge in [0.25, 0.3) is 0 Å². The molecule has 0 radical (unpaired) electrons. The van der Waals surface area contributed by atoms with Crippen LogP contribution in [0.4, 0.5) is 13.2 Å². The number of aryl methyl sites for hydroxylation is 1. The lowest BCUT2D eigenvalue weighted by atomic mass is 9.71. The van der Waals surface area contributed by atoms with Crippen LogP contribution in [0.15, 0.2) is 72.8 Å². The Morgan fingerprint density at radius 1 is 0.682 bits per heavy atom. The topological polar surface area (TPSA) is 0 Å². The summed E-state index contributed by atoms with van der Waals surface area (Å²) in [7, 11) is 0. The van der Waals surface area contributed by atoms with Crippen LogP contribution in [0.1, 0.15) is 108 Å². The molecule has 3 aromatic carbocycles. The number of unbranched alkanes of at least 4 members (excludes halogenated alkanes) is 5. The maximum atomic E-state index is 15.4. The molecule has 1 fully saturated rings. The highest BCUT2D eigenvalue weighted by Gasteiger charge is 2.28. The maximum absolute atomic E-state index is 15.4. The molecular weight excluding hydrogens is 549 g/mol. The van der Waals surface area contributed by atoms with Crippen LogP contribution in [0.5, 0.6) is 0 Å². The summed E-state index contributed by atoms with van der Waals surface area (Å²) >= 11 is 0. The summed E-state index contributed by atoms with van der Waals surface area (Å²) in [5.41, 5.74) is 4.74. The lowest BCUT2D eigenvalue weighted by molar-refractivity contribution is 0.212. The Hall–Kier alpha value is -3.07. The number of benzene rings is 3. The number of hydrogen-bond acceptors (Lipinski definition) is 0. The van der Waals surface area contributed by atoms with Crippen molar-refractivity contribution < 1.29 is 13.2 Å². The molecule has 44 heavy (non-hydrogen) atoms. The second-order valence-electron chi connectivity index (χ2n) is 13.2. The fourth-order valence-electron chi connectivity index (χ4n) is 7.51. The van der Waals surface area contributed by atoms with Crippen molar-refractivity contribution >= 4 is 5.57 Å². The van der Waals surface area contributed by atoms with Gasteiger partial charge in [-0.2, -0.15) is 0 Å². The standard InChI is InChI=1S/C41H49F3/c1-3-5-6-7-8-9-11-35-24-27-38(41(44)40(35)43)34-22-20-33(21-23-34)37-26-25-36(28-39(37)42)32-18-16-31(17-19-32)30-14-12-29(10-4-2)13-15-30/h4,10,18,20-31H,3,5-9,11-17,19H2,1-2H3. The highest BCUT2D eigenvalue weighted by molar-refractivity contribution is 5.74. The van der Waals surface area contributed by atoms with E-state index in [4.69, 9.17) is 0 Å². The zero-order chi connectivity index (χ0) is 30.9. The predicted octanol–water partition coefficient (Wildman–Crippen LogP) is 12.9. The first-order chi connectivity index (χ1) is 21.5. The van der Waals surface area contributed by atoms with Crippen molar-refractivity contribution in [3.63, 3.8) is 0 Å². The van der Waals surface area contributed by atoms with Gasteiger partial charge in [0, 0.05) is 11.1 Å². The minimum absolute atomic E-state index is 0.241. The first kappa shape index (κ1) is 32.3. The average molecular weight is 599 g/mol. The second-order valence-corrected chi connectivity index (χ2v) is 13.2. The molecule has 1 saturated carbocycles. The molecule has 0 aliphatic heterocycles. The van der Waals surface area contributed by atoms with Gasteiger partial charge in [-0.1, -0.05) is 106 Å². The third kappa shape index (κ3) is 7.95. The summed E-state index contributed by atoms with van der Waals surface area (Å²) in [5.74, 6) is 0.533. The van der Waals surface area contributed by atoms with Crippen LogP contribution in [0, 0.1) is 35.2 Å². The van der Waals surface area contributed by atoms with Crippen LogP contribution >= 0.6 is 0 Å². The molecular formula is C41H49F3. The molecule has 2 aliphatic carbocycles. The van der Waals surface area contributed by atoms with Crippen LogP contribution in [-0.2, 0) is 6.42 Å². The summed E-state index contributed by atoms with van der Waals surface area (Å²) in [6, 6.07) is 16.0. The van der Waals surface area contributed by atoms with Gasteiger partial charge in [-0.15, -0.1) is 0 Å². The lowest BCUT2D eigenvalue weighted by Crippen LogP contribution is -2.22. The van der Waals surface area contributed by atoms with E-state index >= 15 is 8.78 Å². The summed E-state index contributed by atoms with van der Waals surface area (Å²) in [6.45, 7) is 4.30. The van der Waals surface area contributed by atoms with Crippen molar-refractivity contribution in [2.75, 3.05) is 0 Å². The Morgan fingerprint density at radius 3 is 2.00 bits per heavy atom. The third-order valence-electron chi connectivity index (χ3n) is 10.2. The molecule has 0 nitrogen and oxygen atoms in total. The Labute approximate surface area is 263 Å². The van der Waals surface area contributed by atoms with Gasteiger partial charge >= 0.3 is 0 Å². The Kier molecular flexibility index (Phi) is 11.6. The van der Waals surface area contributed by atoms with Gasteiger partial charge in [-0.3, -0.25) is 0 Å². The fraction of sp³-hybridized carbons (Fsp3) is 0.463. The van der Waals surface area contributed by atoms with Crippen LogP contribution in [0.2, 0.25) is 0 Å². The summed E-state index contributed by atoms with van der Waals surface area (Å²) in [5, 5.41) is 0. The monoisotopic (exact) mass is 598 g/mol. The SMILES string of the molecule is CC=CC1CCC(C2CC=C(c3ccc(-c4ccc(-c5ccc(CCCCCCCC)c(F)c5F)cc4)c(F)c3)CC2)CC1. The first-order valence-electron chi connectivity index (χ1n) is 17.2. The van der Waals surface area contributed by atoms with Crippen LogP contribution in [0.25, 0.3) is 27.8 Å². The molecule has 0 bridgehead atoms. The molecule has 2 aliphatic rings. The van der Waals surface area contributed by atoms with E-state index in [-0.39, 0.29) is 11.4 Å². The normalized spacial score (nSPS) is 20.7. The predicted molar refractivity (Wildman–Crippen MR) is 180 cm³/mol. The number of allylic oxidation sites excluding steroid dienone is 4. The van der Waals surface area contributed by atoms with E-state index in [0.29, 0.717) is 23.1 Å². The van der Waals surface area contributed by atoms with E-state index in [1.54, 1.807) is 42.5 Å². The molecule has 0 saturated heterocycles. The molecule has 234 valence electrons. The quantitative estimate of drug-likeness (QED) is 0.144. The lowest BCUT2D eigenvalue weighted by Gasteiger charge is -2.34. The molecule has 3 aromatic rings. The third-order valence-corrected chi connectivity index (χ3v) is 10.2. The second kappa shape index (κ2) is 15.8. The van der Waals surface area contributed by atoms with E-state index in [1.807, 2.05) is 12.1 Å². The zero-order valence-electron chi connectivity index (χ0n) is 26.7. The Balaban J connectivity index is 1.20. The minimum atomic E-state index is -0.805. The average Bonchev–Trinajstić information content (AvgIpc) is 3.05. The molecule has 0 N–H and O–H groups in total. The van der Waals surface area contributed by atoms with Gasteiger partial charge in [0.1, 0.15) is 5.82 Å². The van der Waals surface area contributed by atoms with Gasteiger partial charge in [-0.25, -0.2) is 13.2 Å². The van der Waals surface area contributed by atoms with Crippen molar-refractivity contribution in [1.82, 2.24) is 0 Å². The van der Waals surface area contributed by atoms with E-state index in [0.717, 1.165) is 61.0 Å². The van der Waals surface area contributed by atoms with E-state index < -0.39 is 11.6 Å². The number of halogens is 3. The van der Waals surface area contributed by atoms with Crippen LogP contribution in [-0.4, -0.2) is 0 Å². The van der Waals surface area contributed by atoms with Gasteiger partial charge in [0.2, 0.25) is 0 Å². The molecule has 0 aromatic heterocycles. The molecule has 1 unspecified atom stereocenters. The largest absolute Gasteiger partial charge is 0.206 e. The highest BCUT2D eigenvalue weighted by Crippen LogP contribution is 2.42. The van der Waals surface area contributed by atoms with Crippen molar-refractivity contribution in [2.45, 2.75) is 104 Å². The Bertz CT molecular complexity index is 1420. The summed E-state index contributed by atoms with van der Waals surface area (Å²) in [4.78, 5) is 0. The molecule has 0 amide bonds. The van der Waals surface area contributed by atoms with E-state index in [2.05, 4.69) is 32.1 Å². The fourth-order valence-corrected chi connectivity index (χ4v) is 7.51. The number of hydrogen-bond donors (Lipinski definition) is 0. The molecule has 0 spiro atoms. The summed E-state index contributed by atoms with van der Waals surface area (Å²) < 4.78 is 45.3. The first-order valence-corrected chi connectivity index (χ1v) is 17.2. The molecule has 5 rings (SSSR count). The molecule has 3 heteroatoms. The molecule has 1 atom stereocenters. The maximum Gasteiger partial charge on any atom is 0.166 e. The van der Waals surface area contributed by atoms with Gasteiger partial charge in [-0.05, 0) is 116 Å². The Morgan fingerprint density at radius 2 is 1.34 bits per heavy atom. The van der Waals surface area contributed by atoms with Gasteiger partial charge < -0.3 is 0 Å². The van der Waals surface area contributed by atoms with Crippen molar-refractivity contribution in [1.29, 1.82) is 0 Å². The van der Waals surface area contributed by atoms with Crippen molar-refractivity contribution in [3.8, 4) is 22.3 Å². The number of rotatable bonds is 12. The van der Waals surface area contributed by atoms with Gasteiger partial charge in [0.05, 0.1) is 0 Å². The van der Waals surface area contributed by atoms with Gasteiger partial charge in [0.15, 0.2) is 11.6 Å². The van der Waals surface area contributed by atoms with Crippen molar-refractivity contribution in [2.24, 2.45) is 17.8 Å².